The lowest BCUT2D eigenvalue weighted by Crippen LogP contribution is -2.61. The van der Waals surface area contributed by atoms with Crippen molar-refractivity contribution in [2.75, 3.05) is 31.9 Å². The van der Waals surface area contributed by atoms with Crippen LogP contribution in [0, 0.1) is 17.3 Å². The number of nitrogens with one attached hydrogen (secondary N) is 4. The van der Waals surface area contributed by atoms with Crippen LogP contribution in [0.4, 0.5) is 18.0 Å². The van der Waals surface area contributed by atoms with Gasteiger partial charge in [0.25, 0.3) is 5.91 Å². The first kappa shape index (κ1) is 41.2. The zero-order chi connectivity index (χ0) is 37.4. The molecule has 5 atom stereocenters. The standard InChI is InChI=1S/C33H53F3N6O7S/c1-6-16-37-29(45)27(43)23(13-15-33(34,35)36)38-28(44)26-21(2)14-18-42(26)30(46)25(22-11-8-7-9-12-22)40-31(47)39-24(32(3,4)5)20-41-17-10-19-50(41,48)49/h6,21-26H,1,7-20H2,2-5H3,(H,37,45)(H,38,44)(H2,39,40,47)/t21-,23?,24+,25-,26-/m0/s1. The van der Waals surface area contributed by atoms with Gasteiger partial charge in [0.2, 0.25) is 27.6 Å². The Kier molecular flexibility index (Phi) is 14.3. The second kappa shape index (κ2) is 17.3. The first-order chi connectivity index (χ1) is 23.2. The molecule has 13 nitrogen and oxygen atoms in total. The number of rotatable bonds is 14. The Morgan fingerprint density at radius 2 is 1.60 bits per heavy atom. The van der Waals surface area contributed by atoms with Gasteiger partial charge in [-0.2, -0.15) is 17.5 Å². The summed E-state index contributed by atoms with van der Waals surface area (Å²) in [6.45, 7) is 11.2. The van der Waals surface area contributed by atoms with E-state index in [0.717, 1.165) is 19.3 Å². The quantitative estimate of drug-likeness (QED) is 0.157. The number of hydrogen-bond acceptors (Lipinski definition) is 7. The number of urea groups is 1. The summed E-state index contributed by atoms with van der Waals surface area (Å²) in [6, 6.07) is -5.26. The fraction of sp³-hybridized carbons (Fsp3) is 0.788. The highest BCUT2D eigenvalue weighted by Crippen LogP contribution is 2.32. The van der Waals surface area contributed by atoms with E-state index in [2.05, 4.69) is 27.8 Å². The molecule has 2 heterocycles. The summed E-state index contributed by atoms with van der Waals surface area (Å²) in [6.07, 6.45) is -0.906. The molecule has 1 aliphatic carbocycles. The van der Waals surface area contributed by atoms with E-state index in [4.69, 9.17) is 0 Å². The second-order valence-corrected chi connectivity index (χ2v) is 16.8. The van der Waals surface area contributed by atoms with Crippen LogP contribution in [0.5, 0.6) is 0 Å². The van der Waals surface area contributed by atoms with Gasteiger partial charge in [-0.1, -0.05) is 53.0 Å². The average molecular weight is 735 g/mol. The molecule has 5 amide bonds. The number of nitrogens with zero attached hydrogens (tertiary/aromatic N) is 2. The van der Waals surface area contributed by atoms with E-state index in [9.17, 15) is 45.6 Å². The predicted molar refractivity (Wildman–Crippen MR) is 180 cm³/mol. The minimum absolute atomic E-state index is 0.0388. The van der Waals surface area contributed by atoms with Gasteiger partial charge in [-0.3, -0.25) is 19.2 Å². The lowest BCUT2D eigenvalue weighted by Gasteiger charge is -2.37. The van der Waals surface area contributed by atoms with Crippen molar-refractivity contribution >= 4 is 39.6 Å². The zero-order valence-corrected chi connectivity index (χ0v) is 30.3. The van der Waals surface area contributed by atoms with Gasteiger partial charge in [-0.15, -0.1) is 6.58 Å². The number of Topliss-reactive ketones (excluding diaryl/α,β-unsaturated/α-hetero) is 1. The highest BCUT2D eigenvalue weighted by Gasteiger charge is 2.45. The van der Waals surface area contributed by atoms with Crippen molar-refractivity contribution in [3.8, 4) is 0 Å². The molecule has 0 aromatic carbocycles. The molecule has 50 heavy (non-hydrogen) atoms. The molecule has 2 aliphatic heterocycles. The fourth-order valence-electron chi connectivity index (χ4n) is 6.84. The van der Waals surface area contributed by atoms with Crippen LogP contribution < -0.4 is 21.3 Å². The van der Waals surface area contributed by atoms with Gasteiger partial charge < -0.3 is 26.2 Å². The summed E-state index contributed by atoms with van der Waals surface area (Å²) in [5.74, 6) is -4.49. The molecule has 17 heteroatoms. The fourth-order valence-corrected chi connectivity index (χ4v) is 8.38. The number of alkyl halides is 3. The minimum Gasteiger partial charge on any atom is -0.346 e. The van der Waals surface area contributed by atoms with E-state index in [0.29, 0.717) is 32.2 Å². The maximum Gasteiger partial charge on any atom is 0.389 e. The minimum atomic E-state index is -4.66. The molecule has 2 saturated heterocycles. The Labute approximate surface area is 292 Å². The highest BCUT2D eigenvalue weighted by molar-refractivity contribution is 7.89. The third-order valence-electron chi connectivity index (χ3n) is 9.85. The summed E-state index contributed by atoms with van der Waals surface area (Å²) in [5, 5.41) is 10.3. The van der Waals surface area contributed by atoms with E-state index >= 15 is 0 Å². The Morgan fingerprint density at radius 1 is 0.940 bits per heavy atom. The summed E-state index contributed by atoms with van der Waals surface area (Å²) in [4.78, 5) is 68.1. The van der Waals surface area contributed by atoms with Crippen LogP contribution in [0.25, 0.3) is 0 Å². The monoisotopic (exact) mass is 734 g/mol. The SMILES string of the molecule is C=CCNC(=O)C(=O)C(CCC(F)(F)F)NC(=O)[C@@H]1[C@@H](C)CCN1C(=O)[C@@H](NC(=O)N[C@H](CN1CCCS1(=O)=O)C(C)(C)C)C1CCCCC1. The highest BCUT2D eigenvalue weighted by atomic mass is 32.2. The van der Waals surface area contributed by atoms with Crippen molar-refractivity contribution < 1.29 is 45.6 Å². The third-order valence-corrected chi connectivity index (χ3v) is 11.8. The van der Waals surface area contributed by atoms with Crippen molar-refractivity contribution in [3.63, 3.8) is 0 Å². The number of hydrogen-bond donors (Lipinski definition) is 4. The first-order valence-corrected chi connectivity index (χ1v) is 19.0. The summed E-state index contributed by atoms with van der Waals surface area (Å²) < 4.78 is 65.8. The molecular weight excluding hydrogens is 681 g/mol. The van der Waals surface area contributed by atoms with Crippen LogP contribution in [-0.4, -0.2) is 109 Å². The van der Waals surface area contributed by atoms with E-state index in [1.807, 2.05) is 20.8 Å². The van der Waals surface area contributed by atoms with E-state index in [1.165, 1.54) is 15.3 Å². The molecule has 0 spiro atoms. The van der Waals surface area contributed by atoms with Crippen LogP contribution in [0.2, 0.25) is 0 Å². The number of ketones is 1. The van der Waals surface area contributed by atoms with Gasteiger partial charge in [0.05, 0.1) is 11.8 Å². The van der Waals surface area contributed by atoms with Crippen LogP contribution >= 0.6 is 0 Å². The number of carbonyl (C=O) groups excluding carboxylic acids is 5. The molecule has 4 N–H and O–H groups in total. The number of halogens is 3. The van der Waals surface area contributed by atoms with Crippen LogP contribution in [0.3, 0.4) is 0 Å². The molecule has 3 rings (SSSR count). The predicted octanol–water partition coefficient (Wildman–Crippen LogP) is 2.62. The molecule has 3 aliphatic rings. The molecule has 1 saturated carbocycles. The summed E-state index contributed by atoms with van der Waals surface area (Å²) >= 11 is 0. The molecule has 0 bridgehead atoms. The Balaban J connectivity index is 1.83. The van der Waals surface area contributed by atoms with Gasteiger partial charge in [-0.05, 0) is 49.4 Å². The molecule has 0 aromatic rings. The molecular formula is C33H53F3N6O7S. The van der Waals surface area contributed by atoms with Gasteiger partial charge in [0.15, 0.2) is 0 Å². The van der Waals surface area contributed by atoms with Crippen LogP contribution in [-0.2, 0) is 29.2 Å². The van der Waals surface area contributed by atoms with Gasteiger partial charge in [0, 0.05) is 38.6 Å². The van der Waals surface area contributed by atoms with Gasteiger partial charge in [-0.25, -0.2) is 13.2 Å². The summed E-state index contributed by atoms with van der Waals surface area (Å²) in [5.41, 5.74) is -0.546. The molecule has 3 fully saturated rings. The van der Waals surface area contributed by atoms with E-state index in [-0.39, 0.29) is 31.3 Å². The van der Waals surface area contributed by atoms with Crippen molar-refractivity contribution in [3.05, 3.63) is 12.7 Å². The zero-order valence-electron chi connectivity index (χ0n) is 29.4. The average Bonchev–Trinajstić information content (AvgIpc) is 3.59. The lowest BCUT2D eigenvalue weighted by atomic mass is 9.83. The van der Waals surface area contributed by atoms with Crippen molar-refractivity contribution in [2.45, 2.75) is 116 Å². The topological polar surface area (TPSA) is 174 Å². The molecule has 0 radical (unpaired) electrons. The van der Waals surface area contributed by atoms with Crippen LogP contribution in [0.1, 0.15) is 85.5 Å². The van der Waals surface area contributed by atoms with Gasteiger partial charge in [0.1, 0.15) is 12.1 Å². The summed E-state index contributed by atoms with van der Waals surface area (Å²) in [7, 11) is -3.44. The third kappa shape index (κ3) is 11.4. The van der Waals surface area contributed by atoms with E-state index < -0.39 is 94.1 Å². The largest absolute Gasteiger partial charge is 0.389 e. The molecule has 0 aromatic heterocycles. The van der Waals surface area contributed by atoms with E-state index in [1.54, 1.807) is 6.92 Å². The Hall–Kier alpha value is -3.21. The first-order valence-electron chi connectivity index (χ1n) is 17.4. The van der Waals surface area contributed by atoms with Gasteiger partial charge >= 0.3 is 12.2 Å². The van der Waals surface area contributed by atoms with Crippen molar-refractivity contribution in [1.29, 1.82) is 0 Å². The lowest BCUT2D eigenvalue weighted by molar-refractivity contribution is -0.147. The van der Waals surface area contributed by atoms with Crippen molar-refractivity contribution in [1.82, 2.24) is 30.5 Å². The molecule has 1 unspecified atom stereocenters. The second-order valence-electron chi connectivity index (χ2n) is 14.8. The maximum atomic E-state index is 14.3. The number of amides is 5. The smallest absolute Gasteiger partial charge is 0.346 e. The van der Waals surface area contributed by atoms with Crippen molar-refractivity contribution in [2.24, 2.45) is 17.3 Å². The molecule has 284 valence electrons. The number of sulfonamides is 1. The maximum absolute atomic E-state index is 14.3. The Bertz CT molecular complexity index is 1360. The normalized spacial score (nSPS) is 23.4. The van der Waals surface area contributed by atoms with Crippen LogP contribution in [0.15, 0.2) is 12.7 Å². The number of likely N-dealkylation sites (tertiary alicyclic amines) is 1. The number of carbonyl (C=O) groups is 5. The Morgan fingerprint density at radius 3 is 2.16 bits per heavy atom.